The van der Waals surface area contributed by atoms with Gasteiger partial charge in [-0.25, -0.2) is 18.1 Å². The Morgan fingerprint density at radius 2 is 1.63 bits per heavy atom. The van der Waals surface area contributed by atoms with Crippen LogP contribution in [0.1, 0.15) is 33.7 Å². The van der Waals surface area contributed by atoms with Gasteiger partial charge in [-0.05, 0) is 42.7 Å². The molecule has 1 N–H and O–H groups in total. The molecule has 0 unspecified atom stereocenters. The number of aryl methyl sites for hydroxylation is 2. The molecule has 0 aromatic heterocycles. The van der Waals surface area contributed by atoms with Gasteiger partial charge in [-0.1, -0.05) is 72.3 Å². The van der Waals surface area contributed by atoms with Gasteiger partial charge in [0.15, 0.2) is 0 Å². The van der Waals surface area contributed by atoms with Gasteiger partial charge in [0.1, 0.15) is 18.7 Å². The minimum absolute atomic E-state index is 0.0156. The molecule has 3 aromatic carbocycles. The first kappa shape index (κ1) is 24.9. The molecular formula is C26H25ClN2O5S. The first-order chi connectivity index (χ1) is 16.7. The number of benzene rings is 3. The van der Waals surface area contributed by atoms with Crippen LogP contribution in [-0.2, 0) is 19.6 Å². The van der Waals surface area contributed by atoms with Crippen LogP contribution in [0.4, 0.5) is 4.79 Å². The van der Waals surface area contributed by atoms with E-state index in [0.29, 0.717) is 11.1 Å². The van der Waals surface area contributed by atoms with Crippen LogP contribution in [0.3, 0.4) is 0 Å². The van der Waals surface area contributed by atoms with E-state index in [2.05, 4.69) is 4.72 Å². The lowest BCUT2D eigenvalue weighted by molar-refractivity contribution is -0.131. The molecule has 0 bridgehead atoms. The molecule has 3 aromatic rings. The number of ether oxygens (including phenoxy) is 1. The Bertz CT molecular complexity index is 1330. The largest absolute Gasteiger partial charge is 0.446 e. The highest BCUT2D eigenvalue weighted by molar-refractivity contribution is 7.89. The smallest absolute Gasteiger partial charge is 0.417 e. The molecule has 3 atom stereocenters. The summed E-state index contributed by atoms with van der Waals surface area (Å²) in [6.07, 6.45) is -0.850. The molecule has 2 amide bonds. The van der Waals surface area contributed by atoms with E-state index < -0.39 is 39.5 Å². The third-order valence-electron chi connectivity index (χ3n) is 5.95. The number of sulfonamides is 1. The summed E-state index contributed by atoms with van der Waals surface area (Å²) in [5.74, 6) is -0.791. The Balaban J connectivity index is 1.74. The molecule has 0 spiro atoms. The molecule has 1 fully saturated rings. The normalized spacial score (nSPS) is 17.6. The average Bonchev–Trinajstić information content (AvgIpc) is 3.24. The molecule has 7 nitrogen and oxygen atoms in total. The van der Waals surface area contributed by atoms with E-state index in [1.807, 2.05) is 32.0 Å². The zero-order chi connectivity index (χ0) is 25.2. The van der Waals surface area contributed by atoms with Gasteiger partial charge < -0.3 is 4.74 Å². The van der Waals surface area contributed by atoms with E-state index in [1.165, 1.54) is 12.1 Å². The van der Waals surface area contributed by atoms with E-state index in [0.717, 1.165) is 16.0 Å². The van der Waals surface area contributed by atoms with Crippen molar-refractivity contribution < 1.29 is 22.7 Å². The standard InChI is InChI=1S/C26H25ClN2O5S/c1-17-12-14-20(15-13-17)35(32,33)28-24(23(27)21-11-7-6-8-18(21)2)25(30)29-22(16-34-26(29)31)19-9-4-3-5-10-19/h3-15,22-24,28H,16H2,1-2H3/t22-,23+,24+/m1/s1. The van der Waals surface area contributed by atoms with Crippen molar-refractivity contribution in [3.63, 3.8) is 0 Å². The van der Waals surface area contributed by atoms with Crippen molar-refractivity contribution in [3.05, 3.63) is 101 Å². The Kier molecular flexibility index (Phi) is 7.25. The number of rotatable bonds is 7. The van der Waals surface area contributed by atoms with Gasteiger partial charge in [0.05, 0.1) is 10.3 Å². The maximum Gasteiger partial charge on any atom is 0.417 e. The molecular weight excluding hydrogens is 488 g/mol. The number of carbonyl (C=O) groups excluding carboxylic acids is 2. The quantitative estimate of drug-likeness (QED) is 0.465. The third-order valence-corrected chi connectivity index (χ3v) is 7.90. The van der Waals surface area contributed by atoms with E-state index in [-0.39, 0.29) is 11.5 Å². The van der Waals surface area contributed by atoms with E-state index in [1.54, 1.807) is 48.5 Å². The number of nitrogens with zero attached hydrogens (tertiary/aromatic N) is 1. The summed E-state index contributed by atoms with van der Waals surface area (Å²) >= 11 is 6.78. The van der Waals surface area contributed by atoms with Crippen LogP contribution in [0, 0.1) is 13.8 Å². The van der Waals surface area contributed by atoms with Crippen LogP contribution in [0.25, 0.3) is 0 Å². The minimum atomic E-state index is -4.15. The van der Waals surface area contributed by atoms with Crippen molar-refractivity contribution in [2.45, 2.75) is 36.2 Å². The second-order valence-corrected chi connectivity index (χ2v) is 10.6. The number of imide groups is 1. The highest BCUT2D eigenvalue weighted by Crippen LogP contribution is 2.34. The number of halogens is 1. The molecule has 4 rings (SSSR count). The Morgan fingerprint density at radius 3 is 2.29 bits per heavy atom. The number of hydrogen-bond acceptors (Lipinski definition) is 5. The van der Waals surface area contributed by atoms with Crippen molar-refractivity contribution in [1.82, 2.24) is 9.62 Å². The molecule has 1 aliphatic heterocycles. The van der Waals surface area contributed by atoms with Gasteiger partial charge in [-0.2, -0.15) is 4.72 Å². The maximum absolute atomic E-state index is 13.8. The number of alkyl halides is 1. The van der Waals surface area contributed by atoms with Crippen LogP contribution in [-0.4, -0.2) is 38.0 Å². The van der Waals surface area contributed by atoms with Gasteiger partial charge in [-0.3, -0.25) is 4.79 Å². The van der Waals surface area contributed by atoms with Crippen molar-refractivity contribution in [2.24, 2.45) is 0 Å². The van der Waals surface area contributed by atoms with E-state index >= 15 is 0 Å². The first-order valence-electron chi connectivity index (χ1n) is 11.0. The summed E-state index contributed by atoms with van der Waals surface area (Å²) in [4.78, 5) is 27.4. The fraction of sp³-hybridized carbons (Fsp3) is 0.231. The molecule has 1 saturated heterocycles. The lowest BCUT2D eigenvalue weighted by atomic mass is 9.99. The predicted molar refractivity (Wildman–Crippen MR) is 132 cm³/mol. The zero-order valence-electron chi connectivity index (χ0n) is 19.2. The molecule has 0 radical (unpaired) electrons. The van der Waals surface area contributed by atoms with Crippen molar-refractivity contribution in [1.29, 1.82) is 0 Å². The van der Waals surface area contributed by atoms with Crippen LogP contribution >= 0.6 is 11.6 Å². The van der Waals surface area contributed by atoms with Crippen molar-refractivity contribution in [2.75, 3.05) is 6.61 Å². The van der Waals surface area contributed by atoms with Gasteiger partial charge in [-0.15, -0.1) is 11.6 Å². The summed E-state index contributed by atoms with van der Waals surface area (Å²) in [7, 11) is -4.15. The van der Waals surface area contributed by atoms with Gasteiger partial charge in [0.2, 0.25) is 10.0 Å². The summed E-state index contributed by atoms with van der Waals surface area (Å²) in [5, 5.41) is -1.09. The van der Waals surface area contributed by atoms with Gasteiger partial charge in [0, 0.05) is 0 Å². The molecule has 0 aliphatic carbocycles. The zero-order valence-corrected chi connectivity index (χ0v) is 20.8. The molecule has 9 heteroatoms. The van der Waals surface area contributed by atoms with Crippen LogP contribution in [0.15, 0.2) is 83.8 Å². The SMILES string of the molecule is Cc1ccc(S(=O)(=O)N[C@H](C(=O)N2C(=O)OC[C@@H]2c2ccccc2)[C@@H](Cl)c2ccccc2C)cc1. The number of nitrogens with one attached hydrogen (secondary N) is 1. The van der Waals surface area contributed by atoms with Crippen molar-refractivity contribution in [3.8, 4) is 0 Å². The molecule has 182 valence electrons. The van der Waals surface area contributed by atoms with Crippen LogP contribution < -0.4 is 4.72 Å². The Hall–Kier alpha value is -3.20. The fourth-order valence-corrected chi connectivity index (χ4v) is 5.69. The first-order valence-corrected chi connectivity index (χ1v) is 12.9. The minimum Gasteiger partial charge on any atom is -0.446 e. The van der Waals surface area contributed by atoms with E-state index in [9.17, 15) is 18.0 Å². The van der Waals surface area contributed by atoms with Gasteiger partial charge in [0.25, 0.3) is 5.91 Å². The lowest BCUT2D eigenvalue weighted by Crippen LogP contribution is -2.51. The lowest BCUT2D eigenvalue weighted by Gasteiger charge is -2.29. The summed E-state index contributed by atoms with van der Waals surface area (Å²) < 4.78 is 34.2. The fourth-order valence-electron chi connectivity index (χ4n) is 4.00. The molecule has 0 saturated carbocycles. The number of cyclic esters (lactones) is 1. The third kappa shape index (κ3) is 5.24. The predicted octanol–water partition coefficient (Wildman–Crippen LogP) is 4.65. The number of carbonyl (C=O) groups is 2. The summed E-state index contributed by atoms with van der Waals surface area (Å²) in [5.41, 5.74) is 2.93. The number of hydrogen-bond donors (Lipinski definition) is 1. The highest BCUT2D eigenvalue weighted by atomic mass is 35.5. The van der Waals surface area contributed by atoms with Crippen LogP contribution in [0.5, 0.6) is 0 Å². The van der Waals surface area contributed by atoms with Crippen molar-refractivity contribution >= 4 is 33.6 Å². The monoisotopic (exact) mass is 512 g/mol. The maximum atomic E-state index is 13.8. The molecule has 1 heterocycles. The molecule has 1 aliphatic rings. The summed E-state index contributed by atoms with van der Waals surface area (Å²) in [6, 6.07) is 20.1. The Morgan fingerprint density at radius 1 is 1.00 bits per heavy atom. The Labute approximate surface area is 209 Å². The second kappa shape index (κ2) is 10.2. The second-order valence-electron chi connectivity index (χ2n) is 8.38. The summed E-state index contributed by atoms with van der Waals surface area (Å²) in [6.45, 7) is 3.62. The molecule has 35 heavy (non-hydrogen) atoms. The van der Waals surface area contributed by atoms with E-state index in [4.69, 9.17) is 16.3 Å². The topological polar surface area (TPSA) is 92.8 Å². The van der Waals surface area contributed by atoms with Crippen LogP contribution in [0.2, 0.25) is 0 Å². The average molecular weight is 513 g/mol. The van der Waals surface area contributed by atoms with Gasteiger partial charge >= 0.3 is 6.09 Å². The number of amides is 2. The highest BCUT2D eigenvalue weighted by Gasteiger charge is 2.45.